The molecular weight excluding hydrogens is 368 g/mol. The van der Waals surface area contributed by atoms with Crippen molar-refractivity contribution < 1.29 is 13.3 Å². The second-order valence-electron chi connectivity index (χ2n) is 6.53. The van der Waals surface area contributed by atoms with Crippen molar-refractivity contribution in [2.75, 3.05) is 50.1 Å². The highest BCUT2D eigenvalue weighted by molar-refractivity contribution is 7.89. The van der Waals surface area contributed by atoms with Gasteiger partial charge in [-0.2, -0.15) is 4.31 Å². The van der Waals surface area contributed by atoms with Gasteiger partial charge in [0, 0.05) is 52.0 Å². The average Bonchev–Trinajstić information content (AvgIpc) is 2.68. The van der Waals surface area contributed by atoms with Crippen LogP contribution >= 0.6 is 0 Å². The number of anilines is 2. The molecule has 0 bridgehead atoms. The first kappa shape index (κ1) is 19.1. The van der Waals surface area contributed by atoms with E-state index >= 15 is 0 Å². The Morgan fingerprint density at radius 1 is 1.00 bits per heavy atom. The molecule has 1 fully saturated rings. The van der Waals surface area contributed by atoms with E-state index in [9.17, 15) is 18.5 Å². The summed E-state index contributed by atoms with van der Waals surface area (Å²) in [4.78, 5) is 15.0. The lowest BCUT2D eigenvalue weighted by Crippen LogP contribution is -2.48. The fraction of sp³-hybridized carbons (Fsp3) is 0.333. The Bertz CT molecular complexity index is 924. The van der Waals surface area contributed by atoms with E-state index in [1.54, 1.807) is 47.4 Å². The third kappa shape index (κ3) is 3.88. The van der Waals surface area contributed by atoms with Gasteiger partial charge >= 0.3 is 0 Å². The Morgan fingerprint density at radius 2 is 1.63 bits per heavy atom. The topological polar surface area (TPSA) is 87.0 Å². The van der Waals surface area contributed by atoms with Crippen LogP contribution in [0.2, 0.25) is 0 Å². The molecule has 0 spiro atoms. The summed E-state index contributed by atoms with van der Waals surface area (Å²) in [5.41, 5.74) is 1.29. The SMILES string of the molecule is CN(C)c1ccc(N2CCN(S(=O)(=O)c3ccccc3)CC2)c([N+](=O)[O-])c1. The molecule has 27 heavy (non-hydrogen) atoms. The lowest BCUT2D eigenvalue weighted by molar-refractivity contribution is -0.384. The van der Waals surface area contributed by atoms with Crippen LogP contribution in [0.4, 0.5) is 17.1 Å². The summed E-state index contributed by atoms with van der Waals surface area (Å²) in [6, 6.07) is 13.4. The maximum absolute atomic E-state index is 12.7. The van der Waals surface area contributed by atoms with Gasteiger partial charge in [0.05, 0.1) is 9.82 Å². The van der Waals surface area contributed by atoms with Crippen LogP contribution in [0.25, 0.3) is 0 Å². The summed E-state index contributed by atoms with van der Waals surface area (Å²) < 4.78 is 26.9. The molecule has 1 heterocycles. The van der Waals surface area contributed by atoms with E-state index in [0.29, 0.717) is 18.8 Å². The summed E-state index contributed by atoms with van der Waals surface area (Å²) in [6.45, 7) is 1.36. The van der Waals surface area contributed by atoms with Crippen LogP contribution in [-0.4, -0.2) is 57.9 Å². The second kappa shape index (κ2) is 7.53. The first-order valence-electron chi connectivity index (χ1n) is 8.56. The molecule has 1 aliphatic heterocycles. The Hall–Kier alpha value is -2.65. The standard InChI is InChI=1S/C18H22N4O4S/c1-19(2)15-8-9-17(18(14-15)22(23)24)20-10-12-21(13-11-20)27(25,26)16-6-4-3-5-7-16/h3-9,14H,10-13H2,1-2H3. The Kier molecular flexibility index (Phi) is 5.33. The zero-order valence-corrected chi connectivity index (χ0v) is 16.1. The van der Waals surface area contributed by atoms with Crippen molar-refractivity contribution >= 4 is 27.1 Å². The maximum Gasteiger partial charge on any atom is 0.294 e. The van der Waals surface area contributed by atoms with Gasteiger partial charge in [-0.15, -0.1) is 0 Å². The van der Waals surface area contributed by atoms with Crippen molar-refractivity contribution in [2.24, 2.45) is 0 Å². The Morgan fingerprint density at radius 3 is 2.19 bits per heavy atom. The molecule has 2 aromatic rings. The zero-order valence-electron chi connectivity index (χ0n) is 15.3. The molecule has 8 nitrogen and oxygen atoms in total. The van der Waals surface area contributed by atoms with Crippen molar-refractivity contribution in [3.05, 3.63) is 58.6 Å². The number of hydrogen-bond donors (Lipinski definition) is 0. The highest BCUT2D eigenvalue weighted by atomic mass is 32.2. The van der Waals surface area contributed by atoms with E-state index < -0.39 is 14.9 Å². The largest absolute Gasteiger partial charge is 0.377 e. The fourth-order valence-electron chi connectivity index (χ4n) is 3.11. The highest BCUT2D eigenvalue weighted by Gasteiger charge is 2.30. The van der Waals surface area contributed by atoms with Crippen LogP contribution in [0.1, 0.15) is 0 Å². The minimum atomic E-state index is -3.55. The van der Waals surface area contributed by atoms with E-state index in [1.165, 1.54) is 4.31 Å². The minimum absolute atomic E-state index is 0.0283. The monoisotopic (exact) mass is 390 g/mol. The zero-order chi connectivity index (χ0) is 19.6. The molecule has 0 amide bonds. The van der Waals surface area contributed by atoms with Crippen LogP contribution in [0.15, 0.2) is 53.4 Å². The lowest BCUT2D eigenvalue weighted by atomic mass is 10.2. The second-order valence-corrected chi connectivity index (χ2v) is 8.47. The van der Waals surface area contributed by atoms with Gasteiger partial charge in [0.2, 0.25) is 10.0 Å². The molecule has 2 aromatic carbocycles. The number of sulfonamides is 1. The number of rotatable bonds is 5. The third-order valence-electron chi connectivity index (χ3n) is 4.63. The van der Waals surface area contributed by atoms with Crippen LogP contribution in [0, 0.1) is 10.1 Å². The predicted molar refractivity (Wildman–Crippen MR) is 105 cm³/mol. The van der Waals surface area contributed by atoms with Gasteiger partial charge in [-0.1, -0.05) is 18.2 Å². The summed E-state index contributed by atoms with van der Waals surface area (Å²) in [6.07, 6.45) is 0. The first-order chi connectivity index (χ1) is 12.8. The Labute approximate surface area is 158 Å². The Balaban J connectivity index is 1.79. The summed E-state index contributed by atoms with van der Waals surface area (Å²) in [7, 11) is 0.105. The molecule has 0 unspecified atom stereocenters. The average molecular weight is 390 g/mol. The quantitative estimate of drug-likeness (QED) is 0.574. The first-order valence-corrected chi connectivity index (χ1v) is 10.0. The molecule has 0 aliphatic carbocycles. The number of nitro groups is 1. The molecule has 0 saturated carbocycles. The van der Waals surface area contributed by atoms with Gasteiger partial charge in [-0.3, -0.25) is 10.1 Å². The predicted octanol–water partition coefficient (Wildman–Crippen LogP) is 2.17. The van der Waals surface area contributed by atoms with Crippen molar-refractivity contribution in [1.82, 2.24) is 4.31 Å². The summed E-state index contributed by atoms with van der Waals surface area (Å²) in [5, 5.41) is 11.5. The number of piperazine rings is 1. The van der Waals surface area contributed by atoms with E-state index in [1.807, 2.05) is 25.1 Å². The van der Waals surface area contributed by atoms with Gasteiger partial charge in [0.15, 0.2) is 0 Å². The molecule has 1 aliphatic rings. The number of benzene rings is 2. The van der Waals surface area contributed by atoms with Crippen LogP contribution in [0.3, 0.4) is 0 Å². The molecule has 9 heteroatoms. The van der Waals surface area contributed by atoms with Crippen LogP contribution < -0.4 is 9.80 Å². The third-order valence-corrected chi connectivity index (χ3v) is 6.55. The van der Waals surface area contributed by atoms with Crippen molar-refractivity contribution in [1.29, 1.82) is 0 Å². The molecule has 3 rings (SSSR count). The number of nitrogens with zero attached hydrogens (tertiary/aromatic N) is 4. The van der Waals surface area contributed by atoms with Crippen LogP contribution in [-0.2, 0) is 10.0 Å². The van der Waals surface area contributed by atoms with Crippen molar-refractivity contribution in [2.45, 2.75) is 4.90 Å². The lowest BCUT2D eigenvalue weighted by Gasteiger charge is -2.35. The van der Waals surface area contributed by atoms with E-state index in [0.717, 1.165) is 5.69 Å². The molecule has 0 atom stereocenters. The van der Waals surface area contributed by atoms with Crippen LogP contribution in [0.5, 0.6) is 0 Å². The summed E-state index contributed by atoms with van der Waals surface area (Å²) >= 11 is 0. The molecule has 0 radical (unpaired) electrons. The molecular formula is C18H22N4O4S. The van der Waals surface area contributed by atoms with Gasteiger partial charge in [0.25, 0.3) is 5.69 Å². The number of nitro benzene ring substituents is 1. The number of hydrogen-bond acceptors (Lipinski definition) is 6. The minimum Gasteiger partial charge on any atom is -0.377 e. The summed E-state index contributed by atoms with van der Waals surface area (Å²) in [5.74, 6) is 0. The van der Waals surface area contributed by atoms with Gasteiger partial charge in [-0.25, -0.2) is 8.42 Å². The van der Waals surface area contributed by atoms with E-state index in [-0.39, 0.29) is 23.7 Å². The fourth-order valence-corrected chi connectivity index (χ4v) is 4.56. The highest BCUT2D eigenvalue weighted by Crippen LogP contribution is 2.33. The molecule has 0 N–H and O–H groups in total. The van der Waals surface area contributed by atoms with Gasteiger partial charge in [0.1, 0.15) is 5.69 Å². The molecule has 1 saturated heterocycles. The van der Waals surface area contributed by atoms with E-state index in [2.05, 4.69) is 0 Å². The molecule has 0 aromatic heterocycles. The maximum atomic E-state index is 12.7. The van der Waals surface area contributed by atoms with Gasteiger partial charge < -0.3 is 9.80 Å². The smallest absolute Gasteiger partial charge is 0.294 e. The van der Waals surface area contributed by atoms with E-state index in [4.69, 9.17) is 0 Å². The van der Waals surface area contributed by atoms with Crippen molar-refractivity contribution in [3.63, 3.8) is 0 Å². The molecule has 144 valence electrons. The van der Waals surface area contributed by atoms with Gasteiger partial charge in [-0.05, 0) is 24.3 Å². The normalized spacial score (nSPS) is 15.6. The van der Waals surface area contributed by atoms with Crippen molar-refractivity contribution in [3.8, 4) is 0 Å².